The molecule has 1 aliphatic rings. The van der Waals surface area contributed by atoms with Gasteiger partial charge in [-0.15, -0.1) is 0 Å². The van der Waals surface area contributed by atoms with Crippen LogP contribution in [0, 0.1) is 0 Å². The normalized spacial score (nSPS) is 20.3. The Hall–Kier alpha value is -1.02. The maximum atomic E-state index is 5.70. The SMILES string of the molecule is CC(C)c1ccc(OCC2CCCO2)cc1. The molecular weight excluding hydrogens is 200 g/mol. The fourth-order valence-electron chi connectivity index (χ4n) is 1.91. The van der Waals surface area contributed by atoms with Gasteiger partial charge in [-0.1, -0.05) is 26.0 Å². The van der Waals surface area contributed by atoms with Gasteiger partial charge in [-0.25, -0.2) is 0 Å². The first kappa shape index (κ1) is 11.5. The Morgan fingerprint density at radius 2 is 2.06 bits per heavy atom. The van der Waals surface area contributed by atoms with Crippen LogP contribution in [0.25, 0.3) is 0 Å². The first-order valence-corrected chi connectivity index (χ1v) is 6.10. The van der Waals surface area contributed by atoms with Crippen LogP contribution < -0.4 is 4.74 Å². The van der Waals surface area contributed by atoms with Crippen LogP contribution in [-0.2, 0) is 4.74 Å². The largest absolute Gasteiger partial charge is 0.491 e. The minimum atomic E-state index is 0.296. The van der Waals surface area contributed by atoms with Crippen LogP contribution in [0.1, 0.15) is 38.2 Å². The highest BCUT2D eigenvalue weighted by Gasteiger charge is 2.15. The summed E-state index contributed by atoms with van der Waals surface area (Å²) in [5, 5.41) is 0. The van der Waals surface area contributed by atoms with E-state index in [4.69, 9.17) is 9.47 Å². The lowest BCUT2D eigenvalue weighted by Gasteiger charge is -2.12. The van der Waals surface area contributed by atoms with E-state index in [-0.39, 0.29) is 0 Å². The first-order chi connectivity index (χ1) is 7.75. The molecule has 2 rings (SSSR count). The fourth-order valence-corrected chi connectivity index (χ4v) is 1.91. The Kier molecular flexibility index (Phi) is 3.83. The van der Waals surface area contributed by atoms with Crippen molar-refractivity contribution in [3.63, 3.8) is 0 Å². The molecule has 0 aromatic heterocycles. The van der Waals surface area contributed by atoms with Crippen LogP contribution in [0.5, 0.6) is 5.75 Å². The summed E-state index contributed by atoms with van der Waals surface area (Å²) in [5.74, 6) is 1.52. The summed E-state index contributed by atoms with van der Waals surface area (Å²) in [7, 11) is 0. The highest BCUT2D eigenvalue weighted by atomic mass is 16.5. The average Bonchev–Trinajstić information content (AvgIpc) is 2.80. The van der Waals surface area contributed by atoms with Crippen LogP contribution in [0.3, 0.4) is 0 Å². The van der Waals surface area contributed by atoms with Gasteiger partial charge in [0.1, 0.15) is 12.4 Å². The van der Waals surface area contributed by atoms with Gasteiger partial charge in [0.25, 0.3) is 0 Å². The molecular formula is C14H20O2. The van der Waals surface area contributed by atoms with Gasteiger partial charge in [0.2, 0.25) is 0 Å². The van der Waals surface area contributed by atoms with Crippen molar-refractivity contribution < 1.29 is 9.47 Å². The zero-order valence-corrected chi connectivity index (χ0v) is 10.1. The fraction of sp³-hybridized carbons (Fsp3) is 0.571. The van der Waals surface area contributed by atoms with E-state index in [0.29, 0.717) is 18.6 Å². The topological polar surface area (TPSA) is 18.5 Å². The van der Waals surface area contributed by atoms with Crippen molar-refractivity contribution in [3.05, 3.63) is 29.8 Å². The van der Waals surface area contributed by atoms with Crippen molar-refractivity contribution in [1.29, 1.82) is 0 Å². The van der Waals surface area contributed by atoms with Crippen molar-refractivity contribution >= 4 is 0 Å². The number of hydrogen-bond donors (Lipinski definition) is 0. The number of hydrogen-bond acceptors (Lipinski definition) is 2. The highest BCUT2D eigenvalue weighted by Crippen LogP contribution is 2.20. The molecule has 1 aromatic carbocycles. The van der Waals surface area contributed by atoms with E-state index in [9.17, 15) is 0 Å². The molecule has 1 aliphatic heterocycles. The molecule has 0 saturated carbocycles. The predicted molar refractivity (Wildman–Crippen MR) is 65.0 cm³/mol. The molecule has 0 N–H and O–H groups in total. The van der Waals surface area contributed by atoms with E-state index in [1.807, 2.05) is 12.1 Å². The van der Waals surface area contributed by atoms with Gasteiger partial charge in [-0.2, -0.15) is 0 Å². The van der Waals surface area contributed by atoms with Gasteiger partial charge < -0.3 is 9.47 Å². The Bertz CT molecular complexity index is 310. The van der Waals surface area contributed by atoms with E-state index in [1.54, 1.807) is 0 Å². The van der Waals surface area contributed by atoms with Crippen LogP contribution in [0.4, 0.5) is 0 Å². The molecule has 2 heteroatoms. The van der Waals surface area contributed by atoms with Crippen molar-refractivity contribution in [3.8, 4) is 5.75 Å². The Morgan fingerprint density at radius 1 is 1.31 bits per heavy atom. The molecule has 1 aromatic rings. The Labute approximate surface area is 97.6 Å². The highest BCUT2D eigenvalue weighted by molar-refractivity contribution is 5.28. The van der Waals surface area contributed by atoms with Gasteiger partial charge in [-0.05, 0) is 36.5 Å². The molecule has 0 spiro atoms. The summed E-state index contributed by atoms with van der Waals surface area (Å²) in [6, 6.07) is 8.36. The van der Waals surface area contributed by atoms with Crippen LogP contribution in [-0.4, -0.2) is 19.3 Å². The number of rotatable bonds is 4. The quantitative estimate of drug-likeness (QED) is 0.774. The second-order valence-electron chi connectivity index (χ2n) is 4.67. The smallest absolute Gasteiger partial charge is 0.119 e. The molecule has 1 heterocycles. The zero-order chi connectivity index (χ0) is 11.4. The molecule has 0 aliphatic carbocycles. The third-order valence-electron chi connectivity index (χ3n) is 3.01. The van der Waals surface area contributed by atoms with Crippen LogP contribution in [0.2, 0.25) is 0 Å². The zero-order valence-electron chi connectivity index (χ0n) is 10.1. The monoisotopic (exact) mass is 220 g/mol. The third-order valence-corrected chi connectivity index (χ3v) is 3.01. The van der Waals surface area contributed by atoms with Gasteiger partial charge in [0.05, 0.1) is 6.10 Å². The van der Waals surface area contributed by atoms with Crippen LogP contribution in [0.15, 0.2) is 24.3 Å². The lowest BCUT2D eigenvalue weighted by molar-refractivity contribution is 0.0679. The molecule has 0 radical (unpaired) electrons. The standard InChI is InChI=1S/C14H20O2/c1-11(2)12-5-7-13(8-6-12)16-10-14-4-3-9-15-14/h5-8,11,14H,3-4,9-10H2,1-2H3. The molecule has 1 atom stereocenters. The van der Waals surface area contributed by atoms with E-state index >= 15 is 0 Å². The van der Waals surface area contributed by atoms with Crippen molar-refractivity contribution in [1.82, 2.24) is 0 Å². The number of benzene rings is 1. The summed E-state index contributed by atoms with van der Waals surface area (Å²) in [4.78, 5) is 0. The summed E-state index contributed by atoms with van der Waals surface area (Å²) in [5.41, 5.74) is 1.35. The summed E-state index contributed by atoms with van der Waals surface area (Å²) < 4.78 is 11.2. The summed E-state index contributed by atoms with van der Waals surface area (Å²) in [6.45, 7) is 5.96. The maximum Gasteiger partial charge on any atom is 0.119 e. The minimum Gasteiger partial charge on any atom is -0.491 e. The van der Waals surface area contributed by atoms with E-state index in [1.165, 1.54) is 12.0 Å². The molecule has 1 saturated heterocycles. The number of ether oxygens (including phenoxy) is 2. The summed E-state index contributed by atoms with van der Waals surface area (Å²) >= 11 is 0. The van der Waals surface area contributed by atoms with Gasteiger partial charge in [0.15, 0.2) is 0 Å². The Balaban J connectivity index is 1.84. The van der Waals surface area contributed by atoms with Gasteiger partial charge in [-0.3, -0.25) is 0 Å². The molecule has 0 bridgehead atoms. The van der Waals surface area contributed by atoms with Crippen molar-refractivity contribution in [2.24, 2.45) is 0 Å². The lowest BCUT2D eigenvalue weighted by atomic mass is 10.0. The predicted octanol–water partition coefficient (Wildman–Crippen LogP) is 3.37. The van der Waals surface area contributed by atoms with Gasteiger partial charge >= 0.3 is 0 Å². The Morgan fingerprint density at radius 3 is 2.62 bits per heavy atom. The summed E-state index contributed by atoms with van der Waals surface area (Å²) in [6.07, 6.45) is 2.59. The van der Waals surface area contributed by atoms with Crippen molar-refractivity contribution in [2.75, 3.05) is 13.2 Å². The average molecular weight is 220 g/mol. The molecule has 88 valence electrons. The molecule has 2 nitrogen and oxygen atoms in total. The second kappa shape index (κ2) is 5.35. The van der Waals surface area contributed by atoms with E-state index in [2.05, 4.69) is 26.0 Å². The maximum absolute atomic E-state index is 5.70. The molecule has 16 heavy (non-hydrogen) atoms. The molecule has 1 unspecified atom stereocenters. The van der Waals surface area contributed by atoms with E-state index < -0.39 is 0 Å². The van der Waals surface area contributed by atoms with Crippen LogP contribution >= 0.6 is 0 Å². The first-order valence-electron chi connectivity index (χ1n) is 6.10. The lowest BCUT2D eigenvalue weighted by Crippen LogP contribution is -2.16. The van der Waals surface area contributed by atoms with E-state index in [0.717, 1.165) is 18.8 Å². The van der Waals surface area contributed by atoms with Gasteiger partial charge in [0, 0.05) is 6.61 Å². The third kappa shape index (κ3) is 2.99. The van der Waals surface area contributed by atoms with Crippen molar-refractivity contribution in [2.45, 2.75) is 38.7 Å². The second-order valence-corrected chi connectivity index (χ2v) is 4.67. The minimum absolute atomic E-state index is 0.296. The molecule has 0 amide bonds. The molecule has 1 fully saturated rings.